The standard InChI is InChI=1S/C12H13ClN3/c1-16(2,8-7-14)12(9-15)10-3-5-11(13)6-4-10/h3-6,12H,8H2,1-2H3/q+1/i9+1. The summed E-state index contributed by atoms with van der Waals surface area (Å²) in [5.74, 6) is 0. The van der Waals surface area contributed by atoms with Gasteiger partial charge >= 0.3 is 0 Å². The van der Waals surface area contributed by atoms with Crippen molar-refractivity contribution in [3.63, 3.8) is 0 Å². The number of quaternary nitrogens is 1. The molecule has 0 heterocycles. The average Bonchev–Trinajstić information content (AvgIpc) is 2.21. The summed E-state index contributed by atoms with van der Waals surface area (Å²) < 4.78 is 0.328. The Morgan fingerprint density at radius 2 is 1.81 bits per heavy atom. The minimum Gasteiger partial charge on any atom is -0.299 e. The molecule has 0 N–H and O–H groups in total. The van der Waals surface area contributed by atoms with Crippen LogP contribution >= 0.6 is 11.6 Å². The molecule has 1 aromatic rings. The van der Waals surface area contributed by atoms with E-state index in [2.05, 4.69) is 12.1 Å². The number of nitrogens with zero attached hydrogens (tertiary/aromatic N) is 3. The topological polar surface area (TPSA) is 47.6 Å². The lowest BCUT2D eigenvalue weighted by Gasteiger charge is -2.31. The van der Waals surface area contributed by atoms with Gasteiger partial charge in [-0.3, -0.25) is 4.48 Å². The van der Waals surface area contributed by atoms with Crippen molar-refractivity contribution >= 4 is 11.6 Å². The third-order valence-electron chi connectivity index (χ3n) is 2.49. The van der Waals surface area contributed by atoms with Gasteiger partial charge in [0.2, 0.25) is 6.04 Å². The van der Waals surface area contributed by atoms with E-state index < -0.39 is 0 Å². The maximum Gasteiger partial charge on any atom is 0.202 e. The minimum absolute atomic E-state index is 0.293. The Morgan fingerprint density at radius 1 is 1.25 bits per heavy atom. The molecule has 0 aliphatic rings. The highest BCUT2D eigenvalue weighted by Gasteiger charge is 2.29. The summed E-state index contributed by atoms with van der Waals surface area (Å²) in [7, 11) is 3.73. The number of hydrogen-bond acceptors (Lipinski definition) is 2. The predicted molar refractivity (Wildman–Crippen MR) is 62.4 cm³/mol. The zero-order valence-corrected chi connectivity index (χ0v) is 10.1. The van der Waals surface area contributed by atoms with Crippen LogP contribution in [0.5, 0.6) is 0 Å². The molecule has 0 saturated heterocycles. The summed E-state index contributed by atoms with van der Waals surface area (Å²) in [5, 5.41) is 18.6. The van der Waals surface area contributed by atoms with Crippen LogP contribution in [-0.4, -0.2) is 25.1 Å². The van der Waals surface area contributed by atoms with Gasteiger partial charge in [0.1, 0.15) is 12.1 Å². The summed E-state index contributed by atoms with van der Waals surface area (Å²) in [6.07, 6.45) is 0. The zero-order chi connectivity index (χ0) is 12.2. The minimum atomic E-state index is -0.350. The molecule has 0 aliphatic carbocycles. The molecule has 1 rings (SSSR count). The van der Waals surface area contributed by atoms with Gasteiger partial charge in [-0.05, 0) is 12.1 Å². The Bertz CT molecular complexity index is 437. The highest BCUT2D eigenvalue weighted by Crippen LogP contribution is 2.25. The Kier molecular flexibility index (Phi) is 3.90. The van der Waals surface area contributed by atoms with Crippen LogP contribution < -0.4 is 0 Å². The van der Waals surface area contributed by atoms with Gasteiger partial charge in [-0.1, -0.05) is 23.7 Å². The first kappa shape index (κ1) is 12.5. The van der Waals surface area contributed by atoms with Crippen molar-refractivity contribution in [3.8, 4) is 12.1 Å². The first-order valence-corrected chi connectivity index (χ1v) is 5.24. The van der Waals surface area contributed by atoms with Crippen molar-refractivity contribution in [1.29, 1.82) is 10.5 Å². The third-order valence-corrected chi connectivity index (χ3v) is 2.74. The molecule has 82 valence electrons. The molecule has 0 spiro atoms. The Balaban J connectivity index is 3.05. The fourth-order valence-corrected chi connectivity index (χ4v) is 1.68. The molecule has 0 fully saturated rings. The highest BCUT2D eigenvalue weighted by atomic mass is 35.5. The van der Waals surface area contributed by atoms with E-state index in [1.54, 1.807) is 12.1 Å². The lowest BCUT2D eigenvalue weighted by atomic mass is 10.1. The van der Waals surface area contributed by atoms with Crippen LogP contribution in [0.1, 0.15) is 11.6 Å². The summed E-state index contributed by atoms with van der Waals surface area (Å²) >= 11 is 5.79. The molecule has 0 aliphatic heterocycles. The Labute approximate surface area is 101 Å². The van der Waals surface area contributed by atoms with Gasteiger partial charge in [-0.15, -0.1) is 0 Å². The van der Waals surface area contributed by atoms with E-state index in [1.165, 1.54) is 0 Å². The smallest absolute Gasteiger partial charge is 0.202 e. The molecular formula is C12H13ClN3+. The number of rotatable bonds is 3. The normalized spacial score (nSPS) is 12.6. The van der Waals surface area contributed by atoms with Crippen molar-refractivity contribution in [1.82, 2.24) is 0 Å². The van der Waals surface area contributed by atoms with E-state index in [4.69, 9.17) is 16.9 Å². The monoisotopic (exact) mass is 235 g/mol. The quantitative estimate of drug-likeness (QED) is 0.459. The van der Waals surface area contributed by atoms with Crippen molar-refractivity contribution in [3.05, 3.63) is 34.9 Å². The number of halogens is 1. The van der Waals surface area contributed by atoms with Crippen LogP contribution in [0.15, 0.2) is 24.3 Å². The lowest BCUT2D eigenvalue weighted by molar-refractivity contribution is -0.906. The van der Waals surface area contributed by atoms with Gasteiger partial charge < -0.3 is 0 Å². The second-order valence-electron chi connectivity index (χ2n) is 4.18. The molecular weight excluding hydrogens is 223 g/mol. The van der Waals surface area contributed by atoms with E-state index in [9.17, 15) is 5.26 Å². The van der Waals surface area contributed by atoms with Crippen molar-refractivity contribution in [2.75, 3.05) is 20.6 Å². The van der Waals surface area contributed by atoms with Crippen molar-refractivity contribution in [2.24, 2.45) is 0 Å². The van der Waals surface area contributed by atoms with Crippen molar-refractivity contribution in [2.45, 2.75) is 6.04 Å². The largest absolute Gasteiger partial charge is 0.299 e. The van der Waals surface area contributed by atoms with Gasteiger partial charge in [-0.2, -0.15) is 10.5 Å². The first-order valence-electron chi connectivity index (χ1n) is 4.86. The molecule has 1 atom stereocenters. The maximum absolute atomic E-state index is 9.20. The van der Waals surface area contributed by atoms with Gasteiger partial charge in [0.15, 0.2) is 6.54 Å². The predicted octanol–water partition coefficient (Wildman–Crippen LogP) is 2.50. The molecule has 4 heteroatoms. The molecule has 0 amide bonds. The van der Waals surface area contributed by atoms with Crippen LogP contribution in [0.25, 0.3) is 0 Å². The van der Waals surface area contributed by atoms with Crippen LogP contribution in [0, 0.1) is 22.7 Å². The van der Waals surface area contributed by atoms with Crippen LogP contribution in [0.2, 0.25) is 5.02 Å². The number of nitriles is 2. The van der Waals surface area contributed by atoms with Crippen LogP contribution in [0.3, 0.4) is 0 Å². The highest BCUT2D eigenvalue weighted by molar-refractivity contribution is 6.30. The number of benzene rings is 1. The molecule has 0 bridgehead atoms. The zero-order valence-electron chi connectivity index (χ0n) is 9.31. The molecule has 0 radical (unpaired) electrons. The lowest BCUT2D eigenvalue weighted by Crippen LogP contribution is -2.42. The van der Waals surface area contributed by atoms with E-state index in [-0.39, 0.29) is 6.04 Å². The molecule has 3 nitrogen and oxygen atoms in total. The van der Waals surface area contributed by atoms with Crippen molar-refractivity contribution < 1.29 is 4.48 Å². The van der Waals surface area contributed by atoms with E-state index >= 15 is 0 Å². The van der Waals surface area contributed by atoms with Gasteiger partial charge in [-0.25, -0.2) is 0 Å². The molecule has 0 saturated carbocycles. The van der Waals surface area contributed by atoms with Gasteiger partial charge in [0.05, 0.1) is 14.1 Å². The van der Waals surface area contributed by atoms with E-state index in [0.29, 0.717) is 16.1 Å². The summed E-state index contributed by atoms with van der Waals surface area (Å²) in [6.45, 7) is 0.293. The van der Waals surface area contributed by atoms with Gasteiger partial charge in [0, 0.05) is 10.6 Å². The SMILES string of the molecule is C[N+](C)(CC#N)C([13C]#N)c1ccc(Cl)cc1. The Morgan fingerprint density at radius 3 is 2.25 bits per heavy atom. The number of hydrogen-bond donors (Lipinski definition) is 0. The fourth-order valence-electron chi connectivity index (χ4n) is 1.55. The maximum atomic E-state index is 9.20. The molecule has 16 heavy (non-hydrogen) atoms. The molecule has 0 aromatic heterocycles. The third kappa shape index (κ3) is 2.73. The molecule has 1 aromatic carbocycles. The summed E-state index contributed by atoms with van der Waals surface area (Å²) in [5.41, 5.74) is 0.882. The summed E-state index contributed by atoms with van der Waals surface area (Å²) in [6, 6.07) is 11.2. The second kappa shape index (κ2) is 4.99. The Hall–Kier alpha value is -1.55. The van der Waals surface area contributed by atoms with Gasteiger partial charge in [0.25, 0.3) is 0 Å². The fraction of sp³-hybridized carbons (Fsp3) is 0.333. The van der Waals surface area contributed by atoms with Crippen LogP contribution in [0.4, 0.5) is 0 Å². The average molecular weight is 236 g/mol. The van der Waals surface area contributed by atoms with E-state index in [0.717, 1.165) is 5.56 Å². The second-order valence-corrected chi connectivity index (χ2v) is 4.61. The summed E-state index contributed by atoms with van der Waals surface area (Å²) in [4.78, 5) is 0. The van der Waals surface area contributed by atoms with E-state index in [1.807, 2.05) is 26.2 Å². The molecule has 1 unspecified atom stereocenters. The van der Waals surface area contributed by atoms with Crippen LogP contribution in [-0.2, 0) is 0 Å². The first-order chi connectivity index (χ1) is 7.51.